The van der Waals surface area contributed by atoms with Crippen LogP contribution in [0.2, 0.25) is 0 Å². The van der Waals surface area contributed by atoms with Crippen LogP contribution in [0.1, 0.15) is 49.6 Å². The molecule has 1 amide bonds. The van der Waals surface area contributed by atoms with Crippen LogP contribution in [0, 0.1) is 6.92 Å². The number of amides is 1. The molecule has 0 spiro atoms. The predicted molar refractivity (Wildman–Crippen MR) is 144 cm³/mol. The summed E-state index contributed by atoms with van der Waals surface area (Å²) in [6, 6.07) is 6.66. The number of anilines is 1. The minimum Gasteiger partial charge on any atom is -0.338 e. The average molecular weight is 526 g/mol. The number of imidazole rings is 1. The van der Waals surface area contributed by atoms with Crippen LogP contribution in [0.15, 0.2) is 24.5 Å². The molecule has 0 bridgehead atoms. The number of aryl methyl sites for hydroxylation is 2. The van der Waals surface area contributed by atoms with Gasteiger partial charge in [-0.1, -0.05) is 39.0 Å². The Morgan fingerprint density at radius 3 is 2.47 bits per heavy atom. The summed E-state index contributed by atoms with van der Waals surface area (Å²) in [4.78, 5) is 32.3. The number of hydrogen-bond donors (Lipinski definition) is 0. The largest absolute Gasteiger partial charge is 0.338 e. The molecule has 2 aliphatic heterocycles. The summed E-state index contributed by atoms with van der Waals surface area (Å²) in [5.41, 5.74) is 6.34. The van der Waals surface area contributed by atoms with E-state index in [2.05, 4.69) is 55.8 Å². The van der Waals surface area contributed by atoms with Gasteiger partial charge in [-0.25, -0.2) is 18.7 Å². The van der Waals surface area contributed by atoms with Crippen molar-refractivity contribution in [2.45, 2.75) is 51.9 Å². The monoisotopic (exact) mass is 525 g/mol. The van der Waals surface area contributed by atoms with Crippen molar-refractivity contribution in [2.24, 2.45) is 7.05 Å². The Hall–Kier alpha value is -3.14. The molecule has 0 N–H and O–H groups in total. The first-order chi connectivity index (χ1) is 17.9. The third-order valence-corrected chi connectivity index (χ3v) is 7.74. The summed E-state index contributed by atoms with van der Waals surface area (Å²) in [6.45, 7) is 11.2. The van der Waals surface area contributed by atoms with Crippen molar-refractivity contribution in [2.75, 3.05) is 50.7 Å². The molecule has 8 nitrogen and oxygen atoms in total. The van der Waals surface area contributed by atoms with Gasteiger partial charge in [0.15, 0.2) is 5.65 Å². The van der Waals surface area contributed by atoms with Gasteiger partial charge in [-0.2, -0.15) is 4.98 Å². The van der Waals surface area contributed by atoms with Gasteiger partial charge in [0.1, 0.15) is 5.52 Å². The Morgan fingerprint density at radius 2 is 1.82 bits per heavy atom. The molecule has 38 heavy (non-hydrogen) atoms. The maximum absolute atomic E-state index is 13.5. The highest BCUT2D eigenvalue weighted by molar-refractivity contribution is 5.79. The molecule has 0 aliphatic carbocycles. The van der Waals surface area contributed by atoms with E-state index in [1.807, 2.05) is 16.5 Å². The zero-order chi connectivity index (χ0) is 27.2. The zero-order valence-corrected chi connectivity index (χ0v) is 23.0. The topological polar surface area (TPSA) is 70.4 Å². The molecule has 0 saturated carbocycles. The minimum atomic E-state index is -2.76. The first-order valence-corrected chi connectivity index (χ1v) is 13.3. The number of carbonyl (C=O) groups is 1. The molecule has 0 radical (unpaired) electrons. The summed E-state index contributed by atoms with van der Waals surface area (Å²) >= 11 is 0. The first kappa shape index (κ1) is 26.5. The number of likely N-dealkylation sites (tertiary alicyclic amines) is 1. The van der Waals surface area contributed by atoms with Gasteiger partial charge < -0.3 is 14.4 Å². The summed E-state index contributed by atoms with van der Waals surface area (Å²) in [5.74, 6) is -2.35. The van der Waals surface area contributed by atoms with Crippen molar-refractivity contribution in [3.05, 3.63) is 46.9 Å². The number of piperazine rings is 1. The lowest BCUT2D eigenvalue weighted by Gasteiger charge is -2.35. The Bertz CT molecular complexity index is 1340. The highest BCUT2D eigenvalue weighted by Gasteiger charge is 2.40. The van der Waals surface area contributed by atoms with E-state index in [9.17, 15) is 13.6 Å². The van der Waals surface area contributed by atoms with Crippen molar-refractivity contribution in [1.82, 2.24) is 29.3 Å². The SMILES string of the molecule is Cc1ccc(C(C)(C)C)cc1Cc1nc(N2CCN(CC(=O)N3CCC(F)(F)C3)CC2)nc2ncn(C)c12. The van der Waals surface area contributed by atoms with Crippen LogP contribution in [0.4, 0.5) is 14.7 Å². The number of carbonyl (C=O) groups excluding carboxylic acids is 1. The molecule has 1 aromatic carbocycles. The number of benzene rings is 1. The van der Waals surface area contributed by atoms with Gasteiger partial charge in [0.2, 0.25) is 11.9 Å². The molecule has 10 heteroatoms. The Kier molecular flexibility index (Phi) is 6.87. The number of fused-ring (bicyclic) bond motifs is 1. The van der Waals surface area contributed by atoms with Crippen molar-refractivity contribution < 1.29 is 13.6 Å². The van der Waals surface area contributed by atoms with Gasteiger partial charge in [0, 0.05) is 52.6 Å². The van der Waals surface area contributed by atoms with E-state index in [4.69, 9.17) is 9.97 Å². The fourth-order valence-electron chi connectivity index (χ4n) is 5.25. The molecule has 204 valence electrons. The lowest BCUT2D eigenvalue weighted by molar-refractivity contribution is -0.132. The lowest BCUT2D eigenvalue weighted by Crippen LogP contribution is -2.50. The third-order valence-electron chi connectivity index (χ3n) is 7.74. The lowest BCUT2D eigenvalue weighted by atomic mass is 9.84. The normalized spacial score (nSPS) is 18.5. The molecular formula is C28H37F2N7O. The fraction of sp³-hybridized carbons (Fsp3) is 0.571. The minimum absolute atomic E-state index is 0.0534. The number of alkyl halides is 2. The molecule has 2 fully saturated rings. The molecule has 0 unspecified atom stereocenters. The fourth-order valence-corrected chi connectivity index (χ4v) is 5.25. The maximum Gasteiger partial charge on any atom is 0.267 e. The van der Waals surface area contributed by atoms with Gasteiger partial charge in [-0.15, -0.1) is 0 Å². The van der Waals surface area contributed by atoms with E-state index >= 15 is 0 Å². The molecule has 2 aliphatic rings. The predicted octanol–water partition coefficient (Wildman–Crippen LogP) is 3.55. The van der Waals surface area contributed by atoms with Crippen molar-refractivity contribution in [1.29, 1.82) is 0 Å². The Labute approximate surface area is 222 Å². The maximum atomic E-state index is 13.5. The van der Waals surface area contributed by atoms with Crippen LogP contribution in [0.3, 0.4) is 0 Å². The first-order valence-electron chi connectivity index (χ1n) is 13.3. The number of halogens is 2. The van der Waals surface area contributed by atoms with Crippen LogP contribution in [0.5, 0.6) is 0 Å². The molecular weight excluding hydrogens is 488 g/mol. The summed E-state index contributed by atoms with van der Waals surface area (Å²) in [5, 5.41) is 0. The highest BCUT2D eigenvalue weighted by Crippen LogP contribution is 2.29. The van der Waals surface area contributed by atoms with Gasteiger partial charge in [-0.3, -0.25) is 9.69 Å². The number of aromatic nitrogens is 4. The Morgan fingerprint density at radius 1 is 1.08 bits per heavy atom. The second kappa shape index (κ2) is 9.87. The van der Waals surface area contributed by atoms with E-state index in [1.54, 1.807) is 6.33 Å². The number of hydrogen-bond acceptors (Lipinski definition) is 6. The van der Waals surface area contributed by atoms with Crippen molar-refractivity contribution >= 4 is 23.0 Å². The van der Waals surface area contributed by atoms with Crippen LogP contribution < -0.4 is 4.90 Å². The number of rotatable bonds is 5. The van der Waals surface area contributed by atoms with E-state index < -0.39 is 12.5 Å². The second-order valence-corrected chi connectivity index (χ2v) is 11.8. The van der Waals surface area contributed by atoms with Crippen LogP contribution >= 0.6 is 0 Å². The van der Waals surface area contributed by atoms with Gasteiger partial charge in [-0.05, 0) is 29.0 Å². The zero-order valence-electron chi connectivity index (χ0n) is 23.0. The average Bonchev–Trinajstić information content (AvgIpc) is 3.42. The molecule has 0 atom stereocenters. The quantitative estimate of drug-likeness (QED) is 0.508. The van der Waals surface area contributed by atoms with E-state index in [-0.39, 0.29) is 30.8 Å². The van der Waals surface area contributed by atoms with Crippen molar-refractivity contribution in [3.8, 4) is 0 Å². The van der Waals surface area contributed by atoms with Crippen LogP contribution in [-0.4, -0.2) is 87.0 Å². The standard InChI is InChI=1S/C28H37F2N7O/c1-19-6-7-21(27(2,3)4)14-20(19)15-22-24-25(31-18-34(24)5)33-26(32-22)36-12-10-35(11-13-36)16-23(38)37-9-8-28(29,30)17-37/h6-7,14,18H,8-13,15-17H2,1-5H3. The highest BCUT2D eigenvalue weighted by atomic mass is 19.3. The van der Waals surface area contributed by atoms with Crippen LogP contribution in [-0.2, 0) is 23.7 Å². The molecule has 2 saturated heterocycles. The Balaban J connectivity index is 1.32. The van der Waals surface area contributed by atoms with Crippen LogP contribution in [0.25, 0.3) is 11.2 Å². The van der Waals surface area contributed by atoms with Gasteiger partial charge >= 0.3 is 0 Å². The second-order valence-electron chi connectivity index (χ2n) is 11.8. The van der Waals surface area contributed by atoms with E-state index in [0.717, 1.165) is 11.2 Å². The van der Waals surface area contributed by atoms with E-state index in [0.29, 0.717) is 44.2 Å². The third kappa shape index (κ3) is 5.50. The van der Waals surface area contributed by atoms with Gasteiger partial charge in [0.05, 0.1) is 25.1 Å². The molecule has 5 rings (SSSR count). The smallest absolute Gasteiger partial charge is 0.267 e. The summed E-state index contributed by atoms with van der Waals surface area (Å²) in [7, 11) is 1.96. The summed E-state index contributed by atoms with van der Waals surface area (Å²) < 4.78 is 29.0. The van der Waals surface area contributed by atoms with Crippen molar-refractivity contribution in [3.63, 3.8) is 0 Å². The molecule has 2 aromatic heterocycles. The summed E-state index contributed by atoms with van der Waals surface area (Å²) in [6.07, 6.45) is 2.20. The number of nitrogens with zero attached hydrogens (tertiary/aromatic N) is 7. The molecule has 4 heterocycles. The van der Waals surface area contributed by atoms with E-state index in [1.165, 1.54) is 21.6 Å². The molecule has 3 aromatic rings. The van der Waals surface area contributed by atoms with Gasteiger partial charge in [0.25, 0.3) is 5.92 Å².